The normalized spacial score (nSPS) is 11.3. The monoisotopic (exact) mass is 332 g/mol. The Bertz CT molecular complexity index is 736. The summed E-state index contributed by atoms with van der Waals surface area (Å²) in [6.45, 7) is 1.44. The van der Waals surface area contributed by atoms with Crippen molar-refractivity contribution in [2.45, 2.75) is 13.0 Å². The topological polar surface area (TPSA) is 76.7 Å². The molecule has 2 rings (SSSR count). The van der Waals surface area contributed by atoms with Crippen LogP contribution in [0.5, 0.6) is 11.5 Å². The van der Waals surface area contributed by atoms with E-state index in [-0.39, 0.29) is 11.3 Å². The highest BCUT2D eigenvalue weighted by Gasteiger charge is 2.18. The average Bonchev–Trinajstić information content (AvgIpc) is 2.61. The van der Waals surface area contributed by atoms with Crippen molar-refractivity contribution in [3.63, 3.8) is 0 Å². The minimum absolute atomic E-state index is 0.0452. The summed E-state index contributed by atoms with van der Waals surface area (Å²) >= 11 is 0. The molecule has 1 unspecified atom stereocenters. The van der Waals surface area contributed by atoms with E-state index in [9.17, 15) is 14.0 Å². The van der Waals surface area contributed by atoms with Crippen LogP contribution in [0.1, 0.15) is 17.3 Å². The van der Waals surface area contributed by atoms with Crippen LogP contribution in [0.25, 0.3) is 0 Å². The molecule has 0 aliphatic carbocycles. The summed E-state index contributed by atoms with van der Waals surface area (Å²) in [4.78, 5) is 24.0. The fourth-order valence-electron chi connectivity index (χ4n) is 1.90. The fourth-order valence-corrected chi connectivity index (χ4v) is 1.90. The first-order valence-electron chi connectivity index (χ1n) is 7.17. The van der Waals surface area contributed by atoms with Crippen LogP contribution in [0.4, 0.5) is 4.39 Å². The van der Waals surface area contributed by atoms with Gasteiger partial charge in [0.05, 0.1) is 12.7 Å². The molecule has 0 bridgehead atoms. The lowest BCUT2D eigenvalue weighted by molar-refractivity contribution is -0.128. The third-order valence-corrected chi connectivity index (χ3v) is 3.16. The molecule has 0 radical (unpaired) electrons. The number of carbonyl (C=O) groups is 2. The summed E-state index contributed by atoms with van der Waals surface area (Å²) in [7, 11) is 1.44. The van der Waals surface area contributed by atoms with Crippen molar-refractivity contribution in [1.82, 2.24) is 10.9 Å². The van der Waals surface area contributed by atoms with Crippen molar-refractivity contribution in [2.75, 3.05) is 7.11 Å². The molecule has 0 fully saturated rings. The first-order valence-corrected chi connectivity index (χ1v) is 7.17. The van der Waals surface area contributed by atoms with Gasteiger partial charge in [0.25, 0.3) is 11.8 Å². The number of halogens is 1. The number of para-hydroxylation sites is 2. The molecule has 2 N–H and O–H groups in total. The lowest BCUT2D eigenvalue weighted by atomic mass is 10.2. The Morgan fingerprint density at radius 2 is 1.62 bits per heavy atom. The van der Waals surface area contributed by atoms with Crippen LogP contribution < -0.4 is 20.3 Å². The first-order chi connectivity index (χ1) is 11.5. The summed E-state index contributed by atoms with van der Waals surface area (Å²) in [6, 6.07) is 12.3. The van der Waals surface area contributed by atoms with Gasteiger partial charge >= 0.3 is 0 Å². The van der Waals surface area contributed by atoms with Crippen molar-refractivity contribution in [3.8, 4) is 11.5 Å². The van der Waals surface area contributed by atoms with E-state index < -0.39 is 23.7 Å². The molecule has 6 nitrogen and oxygen atoms in total. The van der Waals surface area contributed by atoms with Gasteiger partial charge < -0.3 is 9.47 Å². The van der Waals surface area contributed by atoms with E-state index in [4.69, 9.17) is 9.47 Å². The van der Waals surface area contributed by atoms with Gasteiger partial charge in [-0.05, 0) is 31.2 Å². The van der Waals surface area contributed by atoms with Gasteiger partial charge in [0, 0.05) is 0 Å². The average molecular weight is 332 g/mol. The summed E-state index contributed by atoms with van der Waals surface area (Å²) < 4.78 is 23.8. The molecule has 2 amide bonds. The first kappa shape index (κ1) is 17.3. The molecule has 126 valence electrons. The van der Waals surface area contributed by atoms with Crippen LogP contribution in [0.2, 0.25) is 0 Å². The number of ether oxygens (including phenoxy) is 2. The second kappa shape index (κ2) is 7.96. The Kier molecular flexibility index (Phi) is 5.73. The number of carbonyl (C=O) groups excluding carboxylic acids is 2. The van der Waals surface area contributed by atoms with E-state index >= 15 is 0 Å². The molecule has 0 heterocycles. The van der Waals surface area contributed by atoms with Gasteiger partial charge in [0.1, 0.15) is 5.75 Å². The summed E-state index contributed by atoms with van der Waals surface area (Å²) in [6.07, 6.45) is -1.00. The smallest absolute Gasteiger partial charge is 0.279 e. The third-order valence-electron chi connectivity index (χ3n) is 3.16. The summed E-state index contributed by atoms with van der Waals surface area (Å²) in [5.74, 6) is -1.41. The number of methoxy groups -OCH3 is 1. The highest BCUT2D eigenvalue weighted by atomic mass is 19.1. The van der Waals surface area contributed by atoms with E-state index in [0.29, 0.717) is 5.75 Å². The summed E-state index contributed by atoms with van der Waals surface area (Å²) in [5.41, 5.74) is 4.76. The van der Waals surface area contributed by atoms with Crippen LogP contribution in [0, 0.1) is 5.82 Å². The number of hydrogen-bond donors (Lipinski definition) is 2. The minimum Gasteiger partial charge on any atom is -0.496 e. The number of nitrogens with one attached hydrogen (secondary N) is 2. The van der Waals surface area contributed by atoms with E-state index in [1.807, 2.05) is 0 Å². The molecule has 0 aliphatic heterocycles. The van der Waals surface area contributed by atoms with Gasteiger partial charge in [-0.1, -0.05) is 24.3 Å². The lowest BCUT2D eigenvalue weighted by Crippen LogP contribution is -2.47. The molecule has 0 spiro atoms. The van der Waals surface area contributed by atoms with Crippen molar-refractivity contribution >= 4 is 11.8 Å². The van der Waals surface area contributed by atoms with Crippen LogP contribution in [-0.4, -0.2) is 25.0 Å². The molecule has 2 aromatic carbocycles. The third kappa shape index (κ3) is 4.22. The highest BCUT2D eigenvalue weighted by Crippen LogP contribution is 2.17. The van der Waals surface area contributed by atoms with Crippen LogP contribution in [0.3, 0.4) is 0 Å². The Labute approximate surface area is 138 Å². The molecule has 0 aliphatic rings. The van der Waals surface area contributed by atoms with Crippen LogP contribution in [0.15, 0.2) is 48.5 Å². The predicted octanol–water partition coefficient (Wildman–Crippen LogP) is 2.06. The Balaban J connectivity index is 1.92. The zero-order valence-electron chi connectivity index (χ0n) is 13.2. The van der Waals surface area contributed by atoms with Crippen LogP contribution >= 0.6 is 0 Å². The van der Waals surface area contributed by atoms with E-state index in [2.05, 4.69) is 10.9 Å². The maximum absolute atomic E-state index is 13.5. The van der Waals surface area contributed by atoms with Crippen molar-refractivity contribution in [3.05, 3.63) is 59.9 Å². The predicted molar refractivity (Wildman–Crippen MR) is 85.1 cm³/mol. The number of amides is 2. The molecule has 0 aromatic heterocycles. The largest absolute Gasteiger partial charge is 0.496 e. The molecular formula is C17H17FN2O4. The number of benzene rings is 2. The molecule has 7 heteroatoms. The molecule has 24 heavy (non-hydrogen) atoms. The van der Waals surface area contributed by atoms with Crippen molar-refractivity contribution in [1.29, 1.82) is 0 Å². The lowest BCUT2D eigenvalue weighted by Gasteiger charge is -2.16. The van der Waals surface area contributed by atoms with Gasteiger partial charge in [-0.3, -0.25) is 20.4 Å². The maximum Gasteiger partial charge on any atom is 0.279 e. The molecule has 0 saturated heterocycles. The van der Waals surface area contributed by atoms with Crippen LogP contribution in [-0.2, 0) is 4.79 Å². The van der Waals surface area contributed by atoms with Crippen molar-refractivity contribution < 1.29 is 23.5 Å². The SMILES string of the molecule is COc1ccccc1C(=O)NNC(=O)C(C)Oc1ccccc1F. The molecule has 1 atom stereocenters. The number of rotatable bonds is 5. The van der Waals surface area contributed by atoms with E-state index in [1.165, 1.54) is 32.2 Å². The quantitative estimate of drug-likeness (QED) is 0.822. The van der Waals surface area contributed by atoms with Gasteiger partial charge in [-0.2, -0.15) is 0 Å². The molecule has 2 aromatic rings. The molecular weight excluding hydrogens is 315 g/mol. The minimum atomic E-state index is -1.00. The van der Waals surface area contributed by atoms with Gasteiger partial charge in [-0.25, -0.2) is 4.39 Å². The van der Waals surface area contributed by atoms with Crippen molar-refractivity contribution in [2.24, 2.45) is 0 Å². The van der Waals surface area contributed by atoms with Gasteiger partial charge in [0.2, 0.25) is 0 Å². The number of hydrogen-bond acceptors (Lipinski definition) is 4. The maximum atomic E-state index is 13.5. The Hall–Kier alpha value is -3.09. The zero-order valence-corrected chi connectivity index (χ0v) is 13.2. The van der Waals surface area contributed by atoms with Gasteiger partial charge in [0.15, 0.2) is 17.7 Å². The second-order valence-electron chi connectivity index (χ2n) is 4.83. The fraction of sp³-hybridized carbons (Fsp3) is 0.176. The zero-order chi connectivity index (χ0) is 17.5. The summed E-state index contributed by atoms with van der Waals surface area (Å²) in [5, 5.41) is 0. The highest BCUT2D eigenvalue weighted by molar-refractivity contribution is 5.98. The Morgan fingerprint density at radius 3 is 2.29 bits per heavy atom. The van der Waals surface area contributed by atoms with Gasteiger partial charge in [-0.15, -0.1) is 0 Å². The number of hydrazine groups is 1. The second-order valence-corrected chi connectivity index (χ2v) is 4.83. The van der Waals surface area contributed by atoms with E-state index in [0.717, 1.165) is 0 Å². The molecule has 0 saturated carbocycles. The standard InChI is InChI=1S/C17H17FN2O4/c1-11(24-15-10-6-4-8-13(15)18)16(21)19-20-17(22)12-7-3-5-9-14(12)23-2/h3-11H,1-2H3,(H,19,21)(H,20,22). The van der Waals surface area contributed by atoms with E-state index in [1.54, 1.807) is 30.3 Å². The Morgan fingerprint density at radius 1 is 1.00 bits per heavy atom.